The van der Waals surface area contributed by atoms with E-state index in [1.165, 1.54) is 11.0 Å². The van der Waals surface area contributed by atoms with Gasteiger partial charge in [0.2, 0.25) is 0 Å². The summed E-state index contributed by atoms with van der Waals surface area (Å²) in [6, 6.07) is 0. The minimum absolute atomic E-state index is 0.132. The maximum Gasteiger partial charge on any atom is 0.348 e. The number of nitrogens with zero attached hydrogens (tertiary/aromatic N) is 1. The number of rotatable bonds is 4. The Balaban J connectivity index is 3.11. The number of nitrogens with two attached hydrogens (primary N) is 1. The van der Waals surface area contributed by atoms with E-state index in [0.29, 0.717) is 21.0 Å². The minimum atomic E-state index is -0.484. The van der Waals surface area contributed by atoms with Crippen LogP contribution < -0.4 is 5.73 Å². The lowest BCUT2D eigenvalue weighted by molar-refractivity contribution is 0.0554. The number of nitrogen functional groups attached to an aromatic ring is 1. The summed E-state index contributed by atoms with van der Waals surface area (Å²) in [6.45, 7) is 5.28. The van der Waals surface area contributed by atoms with Crippen molar-refractivity contribution in [1.82, 2.24) is 4.90 Å². The van der Waals surface area contributed by atoms with Crippen molar-refractivity contribution in [2.45, 2.75) is 6.92 Å². The van der Waals surface area contributed by atoms with Crippen LogP contribution in [0.1, 0.15) is 25.6 Å². The van der Waals surface area contributed by atoms with Gasteiger partial charge < -0.3 is 15.4 Å². The Kier molecular flexibility index (Phi) is 4.49. The average Bonchev–Trinajstić information content (AvgIpc) is 2.61. The van der Waals surface area contributed by atoms with Crippen molar-refractivity contribution in [3.8, 4) is 0 Å². The molecule has 2 N–H and O–H groups in total. The Hall–Kier alpha value is -1.82. The average molecular weight is 268 g/mol. The molecule has 1 amide bonds. The molecule has 0 aliphatic heterocycles. The van der Waals surface area contributed by atoms with Gasteiger partial charge in [-0.1, -0.05) is 12.7 Å². The number of esters is 1. The second-order valence-corrected chi connectivity index (χ2v) is 4.93. The minimum Gasteiger partial charge on any atom is -0.457 e. The van der Waals surface area contributed by atoms with Crippen LogP contribution >= 0.6 is 11.3 Å². The first-order valence-electron chi connectivity index (χ1n) is 5.28. The number of amides is 1. The zero-order chi connectivity index (χ0) is 13.9. The smallest absolute Gasteiger partial charge is 0.348 e. The molecule has 6 heteroatoms. The molecule has 1 heterocycles. The largest absolute Gasteiger partial charge is 0.457 e. The maximum atomic E-state index is 11.9. The highest BCUT2D eigenvalue weighted by Gasteiger charge is 2.24. The molecule has 0 saturated carbocycles. The lowest BCUT2D eigenvalue weighted by atomic mass is 10.1. The second kappa shape index (κ2) is 5.68. The number of hydrogen-bond acceptors (Lipinski definition) is 5. The molecule has 0 bridgehead atoms. The Morgan fingerprint density at radius 1 is 1.50 bits per heavy atom. The Labute approximate surface area is 110 Å². The number of anilines is 1. The molecular weight excluding hydrogens is 252 g/mol. The summed E-state index contributed by atoms with van der Waals surface area (Å²) in [5.41, 5.74) is 6.72. The first-order chi connectivity index (χ1) is 8.40. The zero-order valence-electron chi connectivity index (χ0n) is 10.6. The van der Waals surface area contributed by atoms with Gasteiger partial charge in [-0.2, -0.15) is 0 Å². The molecular formula is C12H16N2O3S. The fourth-order valence-electron chi connectivity index (χ4n) is 1.42. The highest BCUT2D eigenvalue weighted by atomic mass is 32.1. The van der Waals surface area contributed by atoms with Crippen LogP contribution in [0.4, 0.5) is 5.00 Å². The fraction of sp³-hybridized carbons (Fsp3) is 0.333. The number of thiophene rings is 1. The Morgan fingerprint density at radius 2 is 2.11 bits per heavy atom. The van der Waals surface area contributed by atoms with E-state index in [-0.39, 0.29) is 12.5 Å². The second-order valence-electron chi connectivity index (χ2n) is 3.88. The molecule has 0 saturated heterocycles. The third-order valence-corrected chi connectivity index (χ3v) is 3.41. The van der Waals surface area contributed by atoms with Gasteiger partial charge >= 0.3 is 5.97 Å². The van der Waals surface area contributed by atoms with Crippen LogP contribution in [0.2, 0.25) is 0 Å². The number of carbonyl (C=O) groups is 2. The monoisotopic (exact) mass is 268 g/mol. The van der Waals surface area contributed by atoms with Crippen LogP contribution in [0.25, 0.3) is 0 Å². The molecule has 0 radical (unpaired) electrons. The van der Waals surface area contributed by atoms with E-state index >= 15 is 0 Å². The first-order valence-corrected chi connectivity index (χ1v) is 6.10. The maximum absolute atomic E-state index is 11.9. The van der Waals surface area contributed by atoms with Crippen LogP contribution in [0.3, 0.4) is 0 Å². The molecule has 98 valence electrons. The van der Waals surface area contributed by atoms with Gasteiger partial charge in [0.05, 0.1) is 10.6 Å². The number of ether oxygens (including phenoxy) is 1. The Morgan fingerprint density at radius 3 is 2.61 bits per heavy atom. The number of carbonyl (C=O) groups excluding carboxylic acids is 2. The van der Waals surface area contributed by atoms with Crippen molar-refractivity contribution in [1.29, 1.82) is 0 Å². The topological polar surface area (TPSA) is 72.6 Å². The summed E-state index contributed by atoms with van der Waals surface area (Å²) in [5, 5.41) is 0.330. The van der Waals surface area contributed by atoms with Crippen LogP contribution in [-0.2, 0) is 4.74 Å². The van der Waals surface area contributed by atoms with E-state index in [0.717, 1.165) is 11.3 Å². The molecule has 1 aromatic heterocycles. The van der Waals surface area contributed by atoms with Gasteiger partial charge in [-0.15, -0.1) is 11.3 Å². The van der Waals surface area contributed by atoms with Gasteiger partial charge in [0, 0.05) is 14.1 Å². The van der Waals surface area contributed by atoms with Crippen molar-refractivity contribution in [3.63, 3.8) is 0 Å². The lowest BCUT2D eigenvalue weighted by Crippen LogP contribution is -2.23. The van der Waals surface area contributed by atoms with Crippen LogP contribution in [-0.4, -0.2) is 37.5 Å². The summed E-state index contributed by atoms with van der Waals surface area (Å²) in [4.78, 5) is 25.4. The van der Waals surface area contributed by atoms with Crippen molar-refractivity contribution in [2.75, 3.05) is 26.4 Å². The van der Waals surface area contributed by atoms with E-state index < -0.39 is 5.97 Å². The molecule has 0 aromatic carbocycles. The summed E-state index contributed by atoms with van der Waals surface area (Å²) >= 11 is 1.07. The van der Waals surface area contributed by atoms with Crippen molar-refractivity contribution < 1.29 is 14.3 Å². The zero-order valence-corrected chi connectivity index (χ0v) is 11.5. The molecule has 18 heavy (non-hydrogen) atoms. The van der Waals surface area contributed by atoms with E-state index in [9.17, 15) is 9.59 Å². The lowest BCUT2D eigenvalue weighted by Gasteiger charge is -2.10. The van der Waals surface area contributed by atoms with E-state index in [1.807, 2.05) is 0 Å². The summed E-state index contributed by atoms with van der Waals surface area (Å²) in [5.74, 6) is -0.703. The van der Waals surface area contributed by atoms with Crippen LogP contribution in [0.15, 0.2) is 12.7 Å². The molecule has 0 aliphatic carbocycles. The molecule has 1 aromatic rings. The predicted octanol–water partition coefficient (Wildman–Crippen LogP) is 1.68. The third-order valence-electron chi connectivity index (χ3n) is 2.31. The standard InChI is InChI=1S/C12H16N2O3S/c1-5-6-17-12(16)9-7(2)8(10(13)18-9)11(15)14(3)4/h5H,1,6,13H2,2-4H3. The van der Waals surface area contributed by atoms with Gasteiger partial charge in [-0.05, 0) is 12.5 Å². The molecule has 0 fully saturated rings. The van der Waals surface area contributed by atoms with Gasteiger partial charge in [0.1, 0.15) is 11.5 Å². The number of hydrogen-bond donors (Lipinski definition) is 1. The normalized spacial score (nSPS) is 9.94. The van der Waals surface area contributed by atoms with Crippen LogP contribution in [0.5, 0.6) is 0 Å². The summed E-state index contributed by atoms with van der Waals surface area (Å²) < 4.78 is 4.94. The van der Waals surface area contributed by atoms with Crippen molar-refractivity contribution in [2.24, 2.45) is 0 Å². The van der Waals surface area contributed by atoms with Gasteiger partial charge in [-0.3, -0.25) is 4.79 Å². The van der Waals surface area contributed by atoms with Gasteiger partial charge in [-0.25, -0.2) is 4.79 Å². The highest BCUT2D eigenvalue weighted by molar-refractivity contribution is 7.18. The quantitative estimate of drug-likeness (QED) is 0.666. The molecule has 5 nitrogen and oxygen atoms in total. The Bertz CT molecular complexity index is 492. The molecule has 0 unspecified atom stereocenters. The predicted molar refractivity (Wildman–Crippen MR) is 72.0 cm³/mol. The van der Waals surface area contributed by atoms with Crippen molar-refractivity contribution >= 4 is 28.2 Å². The van der Waals surface area contributed by atoms with E-state index in [4.69, 9.17) is 10.5 Å². The van der Waals surface area contributed by atoms with Crippen molar-refractivity contribution in [3.05, 3.63) is 28.7 Å². The first kappa shape index (κ1) is 14.2. The fourth-order valence-corrected chi connectivity index (χ4v) is 2.38. The third kappa shape index (κ3) is 2.70. The molecule has 0 atom stereocenters. The highest BCUT2D eigenvalue weighted by Crippen LogP contribution is 2.31. The SMILES string of the molecule is C=CCOC(=O)c1sc(N)c(C(=O)N(C)C)c1C. The van der Waals surface area contributed by atoms with Crippen LogP contribution in [0, 0.1) is 6.92 Å². The molecule has 0 spiro atoms. The molecule has 1 rings (SSSR count). The van der Waals surface area contributed by atoms with Gasteiger partial charge in [0.15, 0.2) is 0 Å². The molecule has 0 aliphatic rings. The van der Waals surface area contributed by atoms with E-state index in [1.54, 1.807) is 21.0 Å². The van der Waals surface area contributed by atoms with E-state index in [2.05, 4.69) is 6.58 Å². The summed E-state index contributed by atoms with van der Waals surface area (Å²) in [7, 11) is 3.27. The van der Waals surface area contributed by atoms with Gasteiger partial charge in [0.25, 0.3) is 5.91 Å². The summed E-state index contributed by atoms with van der Waals surface area (Å²) in [6.07, 6.45) is 1.48.